The Hall–Kier alpha value is -1.06. The summed E-state index contributed by atoms with van der Waals surface area (Å²) < 4.78 is 0. The molecule has 2 aromatic rings. The molecule has 0 unspecified atom stereocenters. The molecule has 0 bridgehead atoms. The molecule has 1 aromatic heterocycles. The van der Waals surface area contributed by atoms with E-state index in [1.165, 1.54) is 16.2 Å². The number of carbonyl (C=O) groups excluding carboxylic acids is 1. The largest absolute Gasteiger partial charge is 0.297 e. The summed E-state index contributed by atoms with van der Waals surface area (Å²) in [5.74, 6) is 0. The zero-order valence-electron chi connectivity index (χ0n) is 8.27. The highest BCUT2D eigenvalue weighted by molar-refractivity contribution is 7.98. The van der Waals surface area contributed by atoms with Crippen LogP contribution in [0.15, 0.2) is 40.6 Å². The Balaban J connectivity index is 2.32. The number of aldehydes is 1. The molecule has 3 heteroatoms. The second kappa shape index (κ2) is 4.64. The van der Waals surface area contributed by atoms with Crippen molar-refractivity contribution < 1.29 is 4.79 Å². The van der Waals surface area contributed by atoms with Gasteiger partial charge in [-0.2, -0.15) is 0 Å². The molecule has 0 aliphatic rings. The van der Waals surface area contributed by atoms with Crippen LogP contribution in [0.3, 0.4) is 0 Å². The van der Waals surface area contributed by atoms with Crippen molar-refractivity contribution in [1.82, 2.24) is 0 Å². The number of hydrogen-bond donors (Lipinski definition) is 0. The highest BCUT2D eigenvalue weighted by Gasteiger charge is 2.01. The van der Waals surface area contributed by atoms with E-state index in [-0.39, 0.29) is 0 Å². The lowest BCUT2D eigenvalue weighted by Gasteiger charge is -1.99. The minimum atomic E-state index is 0.777. The highest BCUT2D eigenvalue weighted by Crippen LogP contribution is 2.26. The molecule has 2 rings (SSSR count). The zero-order valence-corrected chi connectivity index (χ0v) is 9.90. The Bertz CT molecular complexity index is 457. The molecule has 0 amide bonds. The topological polar surface area (TPSA) is 17.1 Å². The average Bonchev–Trinajstić information content (AvgIpc) is 2.78. The minimum absolute atomic E-state index is 0.777. The van der Waals surface area contributed by atoms with Gasteiger partial charge in [0.2, 0.25) is 0 Å². The van der Waals surface area contributed by atoms with Gasteiger partial charge in [-0.1, -0.05) is 12.1 Å². The van der Waals surface area contributed by atoms with Gasteiger partial charge in [0.15, 0.2) is 6.29 Å². The van der Waals surface area contributed by atoms with Crippen molar-refractivity contribution in [2.24, 2.45) is 0 Å². The molecular weight excluding hydrogens is 224 g/mol. The molecule has 0 saturated heterocycles. The summed E-state index contributed by atoms with van der Waals surface area (Å²) >= 11 is 3.21. The lowest BCUT2D eigenvalue weighted by Crippen LogP contribution is -1.74. The van der Waals surface area contributed by atoms with Crippen molar-refractivity contribution in [2.75, 3.05) is 6.26 Å². The molecule has 0 N–H and O–H groups in total. The van der Waals surface area contributed by atoms with Crippen LogP contribution in [-0.4, -0.2) is 12.5 Å². The van der Waals surface area contributed by atoms with Crippen molar-refractivity contribution in [3.05, 3.63) is 40.6 Å². The third kappa shape index (κ3) is 2.30. The van der Waals surface area contributed by atoms with Crippen molar-refractivity contribution >= 4 is 29.4 Å². The Morgan fingerprint density at radius 3 is 2.47 bits per heavy atom. The van der Waals surface area contributed by atoms with Gasteiger partial charge in [-0.25, -0.2) is 0 Å². The van der Waals surface area contributed by atoms with Crippen LogP contribution in [0, 0.1) is 0 Å². The monoisotopic (exact) mass is 234 g/mol. The third-order valence-electron chi connectivity index (χ3n) is 2.16. The second-order valence-corrected chi connectivity index (χ2v) is 4.91. The second-order valence-electron chi connectivity index (χ2n) is 3.08. The van der Waals surface area contributed by atoms with Gasteiger partial charge in [-0.05, 0) is 41.0 Å². The van der Waals surface area contributed by atoms with Crippen molar-refractivity contribution in [3.8, 4) is 11.1 Å². The van der Waals surface area contributed by atoms with Gasteiger partial charge in [0.05, 0.1) is 4.88 Å². The Morgan fingerprint density at radius 2 is 1.93 bits per heavy atom. The van der Waals surface area contributed by atoms with Crippen LogP contribution in [0.1, 0.15) is 9.67 Å². The lowest BCUT2D eigenvalue weighted by atomic mass is 10.1. The van der Waals surface area contributed by atoms with Crippen LogP contribution in [-0.2, 0) is 0 Å². The van der Waals surface area contributed by atoms with Crippen molar-refractivity contribution in [2.45, 2.75) is 4.90 Å². The first-order valence-electron chi connectivity index (χ1n) is 4.51. The standard InChI is InChI=1S/C12H10OS2/c1-14-11-4-2-9(3-5-11)10-6-12(7-13)15-8-10/h2-8H,1H3. The zero-order chi connectivity index (χ0) is 10.7. The number of thioether (sulfide) groups is 1. The van der Waals surface area contributed by atoms with Crippen LogP contribution in [0.25, 0.3) is 11.1 Å². The predicted molar refractivity (Wildman–Crippen MR) is 66.9 cm³/mol. The van der Waals surface area contributed by atoms with Crippen LogP contribution in [0.4, 0.5) is 0 Å². The number of hydrogen-bond acceptors (Lipinski definition) is 3. The third-order valence-corrected chi connectivity index (χ3v) is 3.76. The maximum atomic E-state index is 10.6. The molecular formula is C12H10OS2. The van der Waals surface area contributed by atoms with E-state index in [1.54, 1.807) is 11.8 Å². The molecule has 0 aliphatic heterocycles. The summed E-state index contributed by atoms with van der Waals surface area (Å²) in [4.78, 5) is 12.6. The molecule has 76 valence electrons. The summed E-state index contributed by atoms with van der Waals surface area (Å²) in [5.41, 5.74) is 2.28. The van der Waals surface area contributed by atoms with Crippen LogP contribution >= 0.6 is 23.1 Å². The predicted octanol–water partition coefficient (Wildman–Crippen LogP) is 3.95. The first kappa shape index (κ1) is 10.5. The Labute approximate surface area is 97.1 Å². The summed E-state index contributed by atoms with van der Waals surface area (Å²) in [6.07, 6.45) is 2.95. The molecule has 0 fully saturated rings. The Morgan fingerprint density at radius 1 is 1.20 bits per heavy atom. The lowest BCUT2D eigenvalue weighted by molar-refractivity contribution is 0.112. The van der Waals surface area contributed by atoms with Crippen LogP contribution < -0.4 is 0 Å². The SMILES string of the molecule is CSc1ccc(-c2csc(C=O)c2)cc1. The molecule has 0 spiro atoms. The molecule has 1 heterocycles. The van der Waals surface area contributed by atoms with E-state index in [0.29, 0.717) is 0 Å². The molecule has 0 atom stereocenters. The summed E-state index contributed by atoms with van der Waals surface area (Å²) in [6, 6.07) is 10.3. The van der Waals surface area contributed by atoms with Crippen LogP contribution in [0.2, 0.25) is 0 Å². The van der Waals surface area contributed by atoms with Gasteiger partial charge in [-0.15, -0.1) is 23.1 Å². The van der Waals surface area contributed by atoms with Crippen LogP contribution in [0.5, 0.6) is 0 Å². The molecule has 0 saturated carbocycles. The van der Waals surface area contributed by atoms with E-state index in [0.717, 1.165) is 22.3 Å². The molecule has 1 aromatic carbocycles. The van der Waals surface area contributed by atoms with Gasteiger partial charge >= 0.3 is 0 Å². The summed E-state index contributed by atoms with van der Waals surface area (Å²) in [7, 11) is 0. The highest BCUT2D eigenvalue weighted by atomic mass is 32.2. The maximum absolute atomic E-state index is 10.6. The number of carbonyl (C=O) groups is 1. The van der Waals surface area contributed by atoms with Gasteiger partial charge in [0.25, 0.3) is 0 Å². The Kier molecular flexibility index (Phi) is 3.23. The smallest absolute Gasteiger partial charge is 0.160 e. The normalized spacial score (nSPS) is 10.2. The van der Waals surface area contributed by atoms with Crippen molar-refractivity contribution in [1.29, 1.82) is 0 Å². The summed E-state index contributed by atoms with van der Waals surface area (Å²) in [6.45, 7) is 0. The fraction of sp³-hybridized carbons (Fsp3) is 0.0833. The fourth-order valence-corrected chi connectivity index (χ4v) is 2.48. The number of rotatable bonds is 3. The number of benzene rings is 1. The van der Waals surface area contributed by atoms with E-state index in [2.05, 4.69) is 30.5 Å². The average molecular weight is 234 g/mol. The first-order chi connectivity index (χ1) is 7.33. The van der Waals surface area contributed by atoms with Gasteiger partial charge < -0.3 is 0 Å². The molecule has 1 nitrogen and oxygen atoms in total. The summed E-state index contributed by atoms with van der Waals surface area (Å²) in [5, 5.41) is 2.01. The van der Waals surface area contributed by atoms with Gasteiger partial charge in [0.1, 0.15) is 0 Å². The molecule has 15 heavy (non-hydrogen) atoms. The van der Waals surface area contributed by atoms with E-state index in [4.69, 9.17) is 0 Å². The number of thiophene rings is 1. The van der Waals surface area contributed by atoms with E-state index >= 15 is 0 Å². The quantitative estimate of drug-likeness (QED) is 0.591. The first-order valence-corrected chi connectivity index (χ1v) is 6.62. The minimum Gasteiger partial charge on any atom is -0.297 e. The van der Waals surface area contributed by atoms with E-state index in [1.807, 2.05) is 11.4 Å². The maximum Gasteiger partial charge on any atom is 0.160 e. The molecule has 0 radical (unpaired) electrons. The molecule has 0 aliphatic carbocycles. The van der Waals surface area contributed by atoms with E-state index < -0.39 is 0 Å². The van der Waals surface area contributed by atoms with Gasteiger partial charge in [0, 0.05) is 4.90 Å². The van der Waals surface area contributed by atoms with Crippen molar-refractivity contribution in [3.63, 3.8) is 0 Å². The van der Waals surface area contributed by atoms with Gasteiger partial charge in [-0.3, -0.25) is 4.79 Å². The fourth-order valence-electron chi connectivity index (χ4n) is 1.35. The van der Waals surface area contributed by atoms with E-state index in [9.17, 15) is 4.79 Å².